The largest absolute Gasteiger partial charge is 0.289 e. The van der Waals surface area contributed by atoms with Gasteiger partial charge in [0.25, 0.3) is 0 Å². The molecule has 0 fully saturated rings. The fourth-order valence-electron chi connectivity index (χ4n) is 3.02. The topological polar surface area (TPSA) is 34.1 Å². The Hall–Kier alpha value is -2.78. The van der Waals surface area contributed by atoms with Crippen LogP contribution in [0.5, 0.6) is 0 Å². The lowest BCUT2D eigenvalue weighted by Crippen LogP contribution is -2.11. The number of hydrogen-bond acceptors (Lipinski definition) is 3. The van der Waals surface area contributed by atoms with Gasteiger partial charge in [-0.15, -0.1) is 11.3 Å². The number of benzene rings is 3. The van der Waals surface area contributed by atoms with Crippen LogP contribution in [-0.2, 0) is 0 Å². The molecule has 3 aromatic carbocycles. The molecule has 1 heterocycles. The van der Waals surface area contributed by atoms with E-state index < -0.39 is 0 Å². The molecule has 4 rings (SSSR count). The van der Waals surface area contributed by atoms with Crippen LogP contribution in [0.1, 0.15) is 21.5 Å². The fourth-order valence-corrected chi connectivity index (χ4v) is 4.11. The Morgan fingerprint density at radius 1 is 0.833 bits per heavy atom. The van der Waals surface area contributed by atoms with E-state index in [-0.39, 0.29) is 11.2 Å². The van der Waals surface area contributed by atoms with Crippen LogP contribution in [0.15, 0.2) is 71.5 Å². The number of aryl methyl sites for hydroxylation is 1. The maximum absolute atomic E-state index is 13.1. The van der Waals surface area contributed by atoms with E-state index >= 15 is 0 Å². The first kappa shape index (κ1) is 14.8. The maximum Gasteiger partial charge on any atom is 0.196 e. The second-order valence-corrected chi connectivity index (χ2v) is 6.84. The molecule has 0 aliphatic rings. The van der Waals surface area contributed by atoms with Gasteiger partial charge in [-0.05, 0) is 30.7 Å². The number of rotatable bonds is 2. The van der Waals surface area contributed by atoms with Gasteiger partial charge in [0.15, 0.2) is 11.2 Å². The zero-order valence-electron chi connectivity index (χ0n) is 13.1. The Labute approximate surface area is 143 Å². The quantitative estimate of drug-likeness (QED) is 0.385. The van der Waals surface area contributed by atoms with E-state index in [4.69, 9.17) is 0 Å². The third-order valence-electron chi connectivity index (χ3n) is 4.22. The van der Waals surface area contributed by atoms with E-state index in [2.05, 4.69) is 0 Å². The molecule has 24 heavy (non-hydrogen) atoms. The average molecular weight is 330 g/mol. The third kappa shape index (κ3) is 2.25. The van der Waals surface area contributed by atoms with E-state index in [0.717, 1.165) is 15.0 Å². The van der Waals surface area contributed by atoms with Crippen LogP contribution in [0.4, 0.5) is 0 Å². The second kappa shape index (κ2) is 5.69. The molecule has 0 saturated carbocycles. The summed E-state index contributed by atoms with van der Waals surface area (Å²) < 4.78 is 1.79. The van der Waals surface area contributed by atoms with Gasteiger partial charge < -0.3 is 0 Å². The van der Waals surface area contributed by atoms with Gasteiger partial charge in [0.2, 0.25) is 0 Å². The summed E-state index contributed by atoms with van der Waals surface area (Å²) >= 11 is 1.55. The normalized spacial score (nSPS) is 11.0. The number of hydrogen-bond donors (Lipinski definition) is 0. The molecule has 0 radical (unpaired) electrons. The molecule has 0 bridgehead atoms. The molecule has 2 nitrogen and oxygen atoms in total. The molecule has 116 valence electrons. The highest BCUT2D eigenvalue weighted by atomic mass is 32.1. The van der Waals surface area contributed by atoms with E-state index in [9.17, 15) is 9.59 Å². The summed E-state index contributed by atoms with van der Waals surface area (Å²) in [5, 5.41) is 1.20. The second-order valence-electron chi connectivity index (χ2n) is 5.75. The van der Waals surface area contributed by atoms with Crippen molar-refractivity contribution in [2.75, 3.05) is 0 Å². The molecule has 0 N–H and O–H groups in total. The van der Waals surface area contributed by atoms with Gasteiger partial charge in [-0.1, -0.05) is 48.5 Å². The van der Waals surface area contributed by atoms with E-state index in [0.29, 0.717) is 21.9 Å². The summed E-state index contributed by atoms with van der Waals surface area (Å²) in [6.07, 6.45) is 0. The molecule has 3 heteroatoms. The van der Waals surface area contributed by atoms with Crippen molar-refractivity contribution in [3.05, 3.63) is 93.6 Å². The minimum absolute atomic E-state index is 0.0673. The van der Waals surface area contributed by atoms with Gasteiger partial charge in [0, 0.05) is 25.9 Å². The van der Waals surface area contributed by atoms with Crippen molar-refractivity contribution < 1.29 is 4.79 Å². The third-order valence-corrected chi connectivity index (χ3v) is 5.35. The Balaban J connectivity index is 2.12. The molecule has 0 aliphatic heterocycles. The van der Waals surface area contributed by atoms with Gasteiger partial charge in [0.1, 0.15) is 0 Å². The van der Waals surface area contributed by atoms with Crippen molar-refractivity contribution in [3.63, 3.8) is 0 Å². The molecule has 1 aromatic heterocycles. The van der Waals surface area contributed by atoms with Crippen molar-refractivity contribution in [2.45, 2.75) is 6.92 Å². The fraction of sp³-hybridized carbons (Fsp3) is 0.0476. The maximum atomic E-state index is 13.1. The monoisotopic (exact) mass is 330 g/mol. The standard InChI is InChI=1S/C21H14O2S/c1-13-11-12-17-19(18(13)20(22)14-7-3-2-4-8-14)21(23)15-9-5-6-10-16(15)24-17/h2-12H,1H3. The first-order chi connectivity index (χ1) is 11.7. The summed E-state index contributed by atoms with van der Waals surface area (Å²) in [7, 11) is 0. The van der Waals surface area contributed by atoms with Crippen LogP contribution in [0.3, 0.4) is 0 Å². The van der Waals surface area contributed by atoms with Crippen molar-refractivity contribution in [3.8, 4) is 0 Å². The summed E-state index contributed by atoms with van der Waals surface area (Å²) in [5.41, 5.74) is 1.88. The Bertz CT molecular complexity index is 1140. The molecule has 0 aliphatic carbocycles. The number of carbonyl (C=O) groups is 1. The van der Waals surface area contributed by atoms with Crippen LogP contribution in [-0.4, -0.2) is 5.78 Å². The zero-order chi connectivity index (χ0) is 16.7. The minimum Gasteiger partial charge on any atom is -0.289 e. The van der Waals surface area contributed by atoms with Crippen LogP contribution in [0.2, 0.25) is 0 Å². The molecular formula is C21H14O2S. The molecule has 0 saturated heterocycles. The number of carbonyl (C=O) groups excluding carboxylic acids is 1. The molecular weight excluding hydrogens is 316 g/mol. The molecule has 0 unspecified atom stereocenters. The first-order valence-corrected chi connectivity index (χ1v) is 8.53. The lowest BCUT2D eigenvalue weighted by molar-refractivity contribution is 0.103. The summed E-state index contributed by atoms with van der Waals surface area (Å²) in [4.78, 5) is 26.1. The van der Waals surface area contributed by atoms with Gasteiger partial charge in [-0.2, -0.15) is 0 Å². The van der Waals surface area contributed by atoms with Crippen molar-refractivity contribution >= 4 is 37.3 Å². The predicted molar refractivity (Wildman–Crippen MR) is 100 cm³/mol. The van der Waals surface area contributed by atoms with Crippen molar-refractivity contribution in [1.29, 1.82) is 0 Å². The van der Waals surface area contributed by atoms with Crippen LogP contribution in [0.25, 0.3) is 20.2 Å². The Morgan fingerprint density at radius 3 is 2.33 bits per heavy atom. The first-order valence-electron chi connectivity index (χ1n) is 7.72. The Kier molecular flexibility index (Phi) is 3.51. The highest BCUT2D eigenvalue weighted by Gasteiger charge is 2.18. The van der Waals surface area contributed by atoms with Gasteiger partial charge in [0.05, 0.1) is 5.39 Å². The van der Waals surface area contributed by atoms with Crippen LogP contribution in [0, 0.1) is 6.92 Å². The SMILES string of the molecule is Cc1ccc2sc3ccccc3c(=O)c2c1C(=O)c1ccccc1. The van der Waals surface area contributed by atoms with E-state index in [1.54, 1.807) is 23.5 Å². The Morgan fingerprint density at radius 2 is 1.54 bits per heavy atom. The summed E-state index contributed by atoms with van der Waals surface area (Å²) in [6, 6.07) is 20.5. The van der Waals surface area contributed by atoms with E-state index in [1.807, 2.05) is 61.5 Å². The molecule has 0 atom stereocenters. The smallest absolute Gasteiger partial charge is 0.196 e. The average Bonchev–Trinajstić information content (AvgIpc) is 2.63. The van der Waals surface area contributed by atoms with Gasteiger partial charge >= 0.3 is 0 Å². The lowest BCUT2D eigenvalue weighted by Gasteiger charge is -2.10. The van der Waals surface area contributed by atoms with Gasteiger partial charge in [-0.25, -0.2) is 0 Å². The molecule has 0 amide bonds. The molecule has 4 aromatic rings. The highest BCUT2D eigenvalue weighted by molar-refractivity contribution is 7.24. The summed E-state index contributed by atoms with van der Waals surface area (Å²) in [5.74, 6) is -0.0988. The zero-order valence-corrected chi connectivity index (χ0v) is 13.9. The number of fused-ring (bicyclic) bond motifs is 2. The number of ketones is 1. The lowest BCUT2D eigenvalue weighted by atomic mass is 9.95. The van der Waals surface area contributed by atoms with Crippen LogP contribution >= 0.6 is 11.3 Å². The van der Waals surface area contributed by atoms with Gasteiger partial charge in [-0.3, -0.25) is 9.59 Å². The van der Waals surface area contributed by atoms with E-state index in [1.165, 1.54) is 0 Å². The predicted octanol–water partition coefficient (Wildman–Crippen LogP) is 4.95. The molecule has 0 spiro atoms. The highest BCUT2D eigenvalue weighted by Crippen LogP contribution is 2.29. The van der Waals surface area contributed by atoms with Crippen molar-refractivity contribution in [2.24, 2.45) is 0 Å². The van der Waals surface area contributed by atoms with Crippen molar-refractivity contribution in [1.82, 2.24) is 0 Å². The minimum atomic E-state index is -0.0988. The van der Waals surface area contributed by atoms with Crippen LogP contribution < -0.4 is 5.43 Å². The summed E-state index contributed by atoms with van der Waals surface area (Å²) in [6.45, 7) is 1.88.